The second-order valence-electron chi connectivity index (χ2n) is 3.53. The van der Waals surface area contributed by atoms with Gasteiger partial charge in [0.1, 0.15) is 0 Å². The first-order valence-corrected chi connectivity index (χ1v) is 7.35. The Labute approximate surface area is 89.1 Å². The first-order chi connectivity index (χ1) is 6.64. The van der Waals surface area contributed by atoms with Crippen LogP contribution < -0.4 is 0 Å². The van der Waals surface area contributed by atoms with Crippen LogP contribution in [0.5, 0.6) is 0 Å². The summed E-state index contributed by atoms with van der Waals surface area (Å²) in [5, 5.41) is 0. The molecule has 0 aliphatic heterocycles. The maximum Gasteiger partial charge on any atom is 0.500 e. The van der Waals surface area contributed by atoms with E-state index >= 15 is 0 Å². The van der Waals surface area contributed by atoms with Crippen LogP contribution in [-0.4, -0.2) is 29.1 Å². The normalized spacial score (nSPS) is 14.4. The largest absolute Gasteiger partial charge is 0.500 e. The average molecular weight is 220 g/mol. The summed E-state index contributed by atoms with van der Waals surface area (Å²) in [5.74, 6) is 0. The number of unbranched alkanes of at least 4 members (excludes halogenated alkanes) is 1. The molecular weight excluding hydrogens is 196 g/mol. The van der Waals surface area contributed by atoms with Gasteiger partial charge in [0.05, 0.1) is 0 Å². The van der Waals surface area contributed by atoms with E-state index in [9.17, 15) is 0 Å². The zero-order valence-corrected chi connectivity index (χ0v) is 11.1. The van der Waals surface area contributed by atoms with Crippen LogP contribution in [0.1, 0.15) is 40.0 Å². The van der Waals surface area contributed by atoms with E-state index in [1.807, 2.05) is 0 Å². The predicted octanol–water partition coefficient (Wildman–Crippen LogP) is 2.83. The number of rotatable bonds is 8. The smallest absolute Gasteiger partial charge is 0.377 e. The molecule has 86 valence electrons. The van der Waals surface area contributed by atoms with Crippen molar-refractivity contribution in [2.75, 3.05) is 14.2 Å². The van der Waals surface area contributed by atoms with E-state index < -0.39 is 8.80 Å². The summed E-state index contributed by atoms with van der Waals surface area (Å²) < 4.78 is 16.8. The number of hydrogen-bond acceptors (Lipinski definition) is 3. The molecular formula is C10H24O3Si. The summed E-state index contributed by atoms with van der Waals surface area (Å²) in [5.41, 5.74) is 0. The third kappa shape index (κ3) is 4.55. The van der Waals surface area contributed by atoms with E-state index in [0.29, 0.717) is 0 Å². The van der Waals surface area contributed by atoms with Gasteiger partial charge in [-0.3, -0.25) is 0 Å². The third-order valence-corrected chi connectivity index (χ3v) is 5.39. The van der Waals surface area contributed by atoms with Gasteiger partial charge in [0, 0.05) is 26.4 Å². The summed E-state index contributed by atoms with van der Waals surface area (Å²) in [7, 11) is 1.03. The molecule has 0 saturated carbocycles. The minimum Gasteiger partial charge on any atom is -0.377 e. The van der Waals surface area contributed by atoms with Crippen LogP contribution in [0.4, 0.5) is 0 Å². The zero-order valence-electron chi connectivity index (χ0n) is 10.1. The monoisotopic (exact) mass is 220 g/mol. The maximum absolute atomic E-state index is 5.88. The highest BCUT2D eigenvalue weighted by Gasteiger charge is 2.39. The van der Waals surface area contributed by atoms with E-state index in [1.165, 1.54) is 0 Å². The van der Waals surface area contributed by atoms with Crippen LogP contribution in [0, 0.1) is 0 Å². The molecule has 3 nitrogen and oxygen atoms in total. The van der Waals surface area contributed by atoms with Gasteiger partial charge in [-0.15, -0.1) is 0 Å². The lowest BCUT2D eigenvalue weighted by Gasteiger charge is -2.29. The molecule has 1 unspecified atom stereocenters. The molecule has 0 rings (SSSR count). The molecule has 0 radical (unpaired) electrons. The molecule has 0 aromatic heterocycles. The predicted molar refractivity (Wildman–Crippen MR) is 60.3 cm³/mol. The molecule has 0 amide bonds. The molecule has 0 spiro atoms. The van der Waals surface area contributed by atoms with Gasteiger partial charge in [-0.2, -0.15) is 0 Å². The van der Waals surface area contributed by atoms with Gasteiger partial charge in [-0.05, 0) is 19.8 Å². The lowest BCUT2D eigenvalue weighted by atomic mass is 10.3. The van der Waals surface area contributed by atoms with Gasteiger partial charge in [0.2, 0.25) is 0 Å². The van der Waals surface area contributed by atoms with Gasteiger partial charge < -0.3 is 13.3 Å². The molecule has 0 N–H and O–H groups in total. The van der Waals surface area contributed by atoms with Crippen molar-refractivity contribution in [3.8, 4) is 0 Å². The Balaban J connectivity index is 4.20. The molecule has 0 fully saturated rings. The lowest BCUT2D eigenvalue weighted by molar-refractivity contribution is 0.0606. The SMILES string of the molecule is CCCC[Si](OC)(OC)OC(C)CC. The van der Waals surface area contributed by atoms with Crippen molar-refractivity contribution in [2.24, 2.45) is 0 Å². The Morgan fingerprint density at radius 2 is 1.71 bits per heavy atom. The van der Waals surface area contributed by atoms with Gasteiger partial charge in [0.15, 0.2) is 0 Å². The highest BCUT2D eigenvalue weighted by molar-refractivity contribution is 6.60. The summed E-state index contributed by atoms with van der Waals surface area (Å²) in [6.45, 7) is 6.33. The Morgan fingerprint density at radius 3 is 2.07 bits per heavy atom. The van der Waals surface area contributed by atoms with Crippen molar-refractivity contribution < 1.29 is 13.3 Å². The fourth-order valence-electron chi connectivity index (χ4n) is 1.23. The summed E-state index contributed by atoms with van der Waals surface area (Å²) in [6, 6.07) is 0.918. The van der Waals surface area contributed by atoms with Crippen molar-refractivity contribution >= 4 is 8.80 Å². The van der Waals surface area contributed by atoms with E-state index in [0.717, 1.165) is 25.3 Å². The zero-order chi connectivity index (χ0) is 11.0. The summed E-state index contributed by atoms with van der Waals surface area (Å²) in [6.07, 6.45) is 3.46. The Kier molecular flexibility index (Phi) is 7.45. The molecule has 1 atom stereocenters. The highest BCUT2D eigenvalue weighted by Crippen LogP contribution is 2.19. The minimum absolute atomic E-state index is 0.221. The minimum atomic E-state index is -2.35. The molecule has 0 aromatic carbocycles. The average Bonchev–Trinajstić information content (AvgIpc) is 2.24. The van der Waals surface area contributed by atoms with Crippen LogP contribution in [0.25, 0.3) is 0 Å². The van der Waals surface area contributed by atoms with E-state index in [-0.39, 0.29) is 6.10 Å². The first kappa shape index (κ1) is 14.1. The van der Waals surface area contributed by atoms with Crippen LogP contribution in [0.3, 0.4) is 0 Å². The van der Waals surface area contributed by atoms with Gasteiger partial charge in [0.25, 0.3) is 0 Å². The fourth-order valence-corrected chi connectivity index (χ4v) is 3.68. The molecule has 4 heteroatoms. The topological polar surface area (TPSA) is 27.7 Å². The molecule has 0 saturated heterocycles. The quantitative estimate of drug-likeness (QED) is 0.589. The standard InChI is InChI=1S/C10H24O3Si/c1-6-8-9-14(11-4,12-5)13-10(3)7-2/h10H,6-9H2,1-5H3. The van der Waals surface area contributed by atoms with Crippen LogP contribution in [0.2, 0.25) is 6.04 Å². The molecule has 0 aromatic rings. The second-order valence-corrected chi connectivity index (χ2v) is 6.45. The van der Waals surface area contributed by atoms with Crippen LogP contribution in [-0.2, 0) is 13.3 Å². The molecule has 0 bridgehead atoms. The van der Waals surface area contributed by atoms with E-state index in [1.54, 1.807) is 14.2 Å². The Morgan fingerprint density at radius 1 is 1.14 bits per heavy atom. The molecule has 14 heavy (non-hydrogen) atoms. The van der Waals surface area contributed by atoms with E-state index in [4.69, 9.17) is 13.3 Å². The Hall–Kier alpha value is 0.0969. The van der Waals surface area contributed by atoms with Crippen LogP contribution >= 0.6 is 0 Å². The van der Waals surface area contributed by atoms with E-state index in [2.05, 4.69) is 20.8 Å². The van der Waals surface area contributed by atoms with Crippen molar-refractivity contribution in [3.05, 3.63) is 0 Å². The van der Waals surface area contributed by atoms with Crippen molar-refractivity contribution in [3.63, 3.8) is 0 Å². The van der Waals surface area contributed by atoms with Crippen molar-refractivity contribution in [1.82, 2.24) is 0 Å². The second kappa shape index (κ2) is 7.40. The third-order valence-electron chi connectivity index (χ3n) is 2.41. The summed E-state index contributed by atoms with van der Waals surface area (Å²) >= 11 is 0. The first-order valence-electron chi connectivity index (χ1n) is 5.42. The van der Waals surface area contributed by atoms with Crippen molar-refractivity contribution in [2.45, 2.75) is 52.2 Å². The maximum atomic E-state index is 5.88. The Bertz CT molecular complexity index is 137. The molecule has 0 aliphatic carbocycles. The lowest BCUT2D eigenvalue weighted by Crippen LogP contribution is -2.46. The highest BCUT2D eigenvalue weighted by atomic mass is 28.4. The molecule has 0 aliphatic rings. The number of hydrogen-bond donors (Lipinski definition) is 0. The van der Waals surface area contributed by atoms with Crippen molar-refractivity contribution in [1.29, 1.82) is 0 Å². The van der Waals surface area contributed by atoms with Gasteiger partial charge >= 0.3 is 8.80 Å². The van der Waals surface area contributed by atoms with Gasteiger partial charge in [-0.25, -0.2) is 0 Å². The summed E-state index contributed by atoms with van der Waals surface area (Å²) in [4.78, 5) is 0. The molecule has 0 heterocycles. The fraction of sp³-hybridized carbons (Fsp3) is 1.00. The van der Waals surface area contributed by atoms with Crippen LogP contribution in [0.15, 0.2) is 0 Å². The van der Waals surface area contributed by atoms with Gasteiger partial charge in [-0.1, -0.05) is 20.3 Å².